The van der Waals surface area contributed by atoms with Crippen molar-refractivity contribution in [3.8, 4) is 0 Å². The Morgan fingerprint density at radius 2 is 1.74 bits per heavy atom. The van der Waals surface area contributed by atoms with Gasteiger partial charge in [0.05, 0.1) is 0 Å². The van der Waals surface area contributed by atoms with E-state index in [4.69, 9.17) is 0 Å². The van der Waals surface area contributed by atoms with Gasteiger partial charge in [-0.1, -0.05) is 30.3 Å². The summed E-state index contributed by atoms with van der Waals surface area (Å²) >= 11 is 0. The summed E-state index contributed by atoms with van der Waals surface area (Å²) in [6.07, 6.45) is 5.13. The third-order valence-electron chi connectivity index (χ3n) is 7.35. The largest absolute Gasteiger partial charge is 0.353 e. The minimum Gasteiger partial charge on any atom is -0.353 e. The minimum atomic E-state index is -0.108. The predicted molar refractivity (Wildman–Crippen MR) is 137 cm³/mol. The van der Waals surface area contributed by atoms with Gasteiger partial charge in [0.25, 0.3) is 5.56 Å². The van der Waals surface area contributed by atoms with Crippen LogP contribution >= 0.6 is 0 Å². The molecule has 2 aliphatic rings. The van der Waals surface area contributed by atoms with E-state index in [9.17, 15) is 9.59 Å². The van der Waals surface area contributed by atoms with Crippen molar-refractivity contribution < 1.29 is 4.79 Å². The minimum absolute atomic E-state index is 0.0101. The molecule has 0 bridgehead atoms. The molecular weight excluding hydrogens is 440 g/mol. The number of aromatic nitrogens is 3. The van der Waals surface area contributed by atoms with Gasteiger partial charge in [0.15, 0.2) is 11.5 Å². The number of amides is 1. The topological polar surface area (TPSA) is 83.4 Å². The van der Waals surface area contributed by atoms with Gasteiger partial charge in [0.1, 0.15) is 5.52 Å². The first-order chi connectivity index (χ1) is 17.1. The smallest absolute Gasteiger partial charge is 0.295 e. The van der Waals surface area contributed by atoms with Gasteiger partial charge in [-0.05, 0) is 50.3 Å². The van der Waals surface area contributed by atoms with Crippen LogP contribution in [0.5, 0.6) is 0 Å². The van der Waals surface area contributed by atoms with Gasteiger partial charge in [-0.15, -0.1) is 0 Å². The number of hydrogen-bond acceptors (Lipinski definition) is 6. The lowest BCUT2D eigenvalue weighted by Crippen LogP contribution is -2.48. The Labute approximate surface area is 206 Å². The van der Waals surface area contributed by atoms with Crippen LogP contribution in [0.25, 0.3) is 11.2 Å². The van der Waals surface area contributed by atoms with Crippen LogP contribution in [0.15, 0.2) is 53.5 Å². The highest BCUT2D eigenvalue weighted by Gasteiger charge is 2.29. The maximum Gasteiger partial charge on any atom is 0.295 e. The first-order valence-corrected chi connectivity index (χ1v) is 12.8. The second kappa shape index (κ2) is 10.6. The summed E-state index contributed by atoms with van der Waals surface area (Å²) in [5.74, 6) is 0.619. The van der Waals surface area contributed by atoms with Crippen LogP contribution in [-0.2, 0) is 17.9 Å². The number of pyridine rings is 1. The normalized spacial score (nSPS) is 18.1. The zero-order valence-electron chi connectivity index (χ0n) is 20.4. The zero-order chi connectivity index (χ0) is 24.2. The zero-order valence-corrected chi connectivity index (χ0v) is 20.4. The van der Waals surface area contributed by atoms with Crippen molar-refractivity contribution in [2.45, 2.75) is 51.7 Å². The molecule has 4 heterocycles. The highest BCUT2D eigenvalue weighted by Crippen LogP contribution is 2.23. The molecule has 8 heteroatoms. The average Bonchev–Trinajstić information content (AvgIpc) is 2.90. The lowest BCUT2D eigenvalue weighted by atomic mass is 9.94. The molecule has 1 N–H and O–H groups in total. The molecule has 0 atom stereocenters. The molecule has 1 aromatic carbocycles. The third-order valence-corrected chi connectivity index (χ3v) is 7.35. The summed E-state index contributed by atoms with van der Waals surface area (Å²) in [4.78, 5) is 39.5. The Balaban J connectivity index is 1.14. The fourth-order valence-corrected chi connectivity index (χ4v) is 5.31. The average molecular weight is 475 g/mol. The highest BCUT2D eigenvalue weighted by molar-refractivity contribution is 5.79. The lowest BCUT2D eigenvalue weighted by molar-refractivity contribution is -0.126. The molecule has 2 aliphatic heterocycles. The van der Waals surface area contributed by atoms with Crippen molar-refractivity contribution >= 4 is 22.9 Å². The number of nitrogens with zero attached hydrogens (tertiary/aromatic N) is 5. The molecule has 0 spiro atoms. The Morgan fingerprint density at radius 3 is 2.46 bits per heavy atom. The van der Waals surface area contributed by atoms with Gasteiger partial charge >= 0.3 is 0 Å². The Morgan fingerprint density at radius 1 is 1.00 bits per heavy atom. The van der Waals surface area contributed by atoms with Gasteiger partial charge in [-0.25, -0.2) is 9.97 Å². The molecule has 5 rings (SSSR count). The van der Waals surface area contributed by atoms with E-state index in [1.165, 1.54) is 5.56 Å². The molecule has 0 radical (unpaired) electrons. The van der Waals surface area contributed by atoms with E-state index in [1.54, 1.807) is 10.8 Å². The van der Waals surface area contributed by atoms with Gasteiger partial charge in [0, 0.05) is 57.4 Å². The van der Waals surface area contributed by atoms with E-state index in [2.05, 4.69) is 44.5 Å². The molecule has 0 aliphatic carbocycles. The van der Waals surface area contributed by atoms with Crippen molar-refractivity contribution in [1.82, 2.24) is 24.8 Å². The van der Waals surface area contributed by atoms with Crippen LogP contribution < -0.4 is 15.8 Å². The number of likely N-dealkylation sites (tertiary alicyclic amines) is 1. The molecule has 184 valence electrons. The molecule has 2 fully saturated rings. The fraction of sp³-hybridized carbons (Fsp3) is 0.481. The molecule has 35 heavy (non-hydrogen) atoms. The number of hydrogen-bond donors (Lipinski definition) is 1. The van der Waals surface area contributed by atoms with Crippen molar-refractivity contribution in [3.63, 3.8) is 0 Å². The van der Waals surface area contributed by atoms with Gasteiger partial charge in [-0.3, -0.25) is 19.1 Å². The molecule has 2 aromatic heterocycles. The lowest BCUT2D eigenvalue weighted by Gasteiger charge is -2.35. The summed E-state index contributed by atoms with van der Waals surface area (Å²) in [6.45, 7) is 6.79. The standard InChI is InChI=1S/C27H34N6O2/c1-2-33-24-23(9-6-14-28-24)30-25(27(33)35)32-17-10-21(11-18-32)26(34)29-22-12-15-31(16-13-22)19-20-7-4-3-5-8-20/h3-9,14,21-22H,2,10-13,15-19H2,1H3,(H,29,34). The Kier molecular flexibility index (Phi) is 7.08. The van der Waals surface area contributed by atoms with E-state index in [0.717, 1.165) is 50.8 Å². The molecule has 0 unspecified atom stereocenters. The number of carbonyl (C=O) groups excluding carboxylic acids is 1. The third kappa shape index (κ3) is 5.22. The van der Waals surface area contributed by atoms with Crippen LogP contribution in [0, 0.1) is 5.92 Å². The van der Waals surface area contributed by atoms with E-state index >= 15 is 0 Å². The van der Waals surface area contributed by atoms with Crippen LogP contribution in [0.1, 0.15) is 38.2 Å². The highest BCUT2D eigenvalue weighted by atomic mass is 16.2. The molecule has 2 saturated heterocycles. The van der Waals surface area contributed by atoms with E-state index in [1.807, 2.05) is 30.0 Å². The van der Waals surface area contributed by atoms with Crippen molar-refractivity contribution in [3.05, 3.63) is 64.6 Å². The van der Waals surface area contributed by atoms with Gasteiger partial charge in [-0.2, -0.15) is 0 Å². The number of fused-ring (bicyclic) bond motifs is 1. The summed E-state index contributed by atoms with van der Waals surface area (Å²) in [6, 6.07) is 14.5. The number of benzene rings is 1. The SMILES string of the molecule is CCn1c(=O)c(N2CCC(C(=O)NC3CCN(Cc4ccccc4)CC3)CC2)nc2cccnc21. The number of carbonyl (C=O) groups is 1. The number of anilines is 1. The monoisotopic (exact) mass is 474 g/mol. The molecule has 1 amide bonds. The Bertz CT molecular complexity index is 1210. The van der Waals surface area contributed by atoms with E-state index in [-0.39, 0.29) is 23.4 Å². The maximum absolute atomic E-state index is 13.1. The van der Waals surface area contributed by atoms with Crippen LogP contribution in [0.3, 0.4) is 0 Å². The van der Waals surface area contributed by atoms with Crippen molar-refractivity contribution in [2.75, 3.05) is 31.1 Å². The number of piperidine rings is 2. The summed E-state index contributed by atoms with van der Waals surface area (Å²) in [5.41, 5.74) is 2.57. The maximum atomic E-state index is 13.1. The van der Waals surface area contributed by atoms with Gasteiger partial charge < -0.3 is 10.2 Å². The summed E-state index contributed by atoms with van der Waals surface area (Å²) in [5, 5.41) is 3.31. The summed E-state index contributed by atoms with van der Waals surface area (Å²) < 4.78 is 1.68. The van der Waals surface area contributed by atoms with E-state index in [0.29, 0.717) is 31.1 Å². The fourth-order valence-electron chi connectivity index (χ4n) is 5.31. The quantitative estimate of drug-likeness (QED) is 0.592. The number of rotatable bonds is 6. The molecule has 8 nitrogen and oxygen atoms in total. The second-order valence-electron chi connectivity index (χ2n) is 9.64. The van der Waals surface area contributed by atoms with Crippen LogP contribution in [-0.4, -0.2) is 57.6 Å². The Hall–Kier alpha value is -3.26. The number of nitrogens with one attached hydrogen (secondary N) is 1. The van der Waals surface area contributed by atoms with Crippen LogP contribution in [0.4, 0.5) is 5.82 Å². The van der Waals surface area contributed by atoms with Crippen LogP contribution in [0.2, 0.25) is 0 Å². The van der Waals surface area contributed by atoms with Crippen molar-refractivity contribution in [1.29, 1.82) is 0 Å². The first kappa shape index (κ1) is 23.5. The summed E-state index contributed by atoms with van der Waals surface area (Å²) in [7, 11) is 0. The first-order valence-electron chi connectivity index (χ1n) is 12.8. The number of aryl methyl sites for hydroxylation is 1. The second-order valence-corrected chi connectivity index (χ2v) is 9.64. The van der Waals surface area contributed by atoms with Gasteiger partial charge in [0.2, 0.25) is 5.91 Å². The van der Waals surface area contributed by atoms with Crippen molar-refractivity contribution in [2.24, 2.45) is 5.92 Å². The molecule has 3 aromatic rings. The molecule has 0 saturated carbocycles. The van der Waals surface area contributed by atoms with E-state index < -0.39 is 0 Å². The predicted octanol–water partition coefficient (Wildman–Crippen LogP) is 2.81. The molecular formula is C27H34N6O2.